The number of phenols is 1. The van der Waals surface area contributed by atoms with Crippen molar-refractivity contribution >= 4 is 83.7 Å². The van der Waals surface area contributed by atoms with Gasteiger partial charge in [-0.3, -0.25) is 14.5 Å². The number of amides is 2. The van der Waals surface area contributed by atoms with Gasteiger partial charge in [0, 0.05) is 28.7 Å². The highest BCUT2D eigenvalue weighted by molar-refractivity contribution is 9.11. The zero-order valence-corrected chi connectivity index (χ0v) is 19.4. The molecule has 1 heterocycles. The van der Waals surface area contributed by atoms with E-state index in [-0.39, 0.29) is 30.5 Å². The number of halogens is 3. The van der Waals surface area contributed by atoms with Crippen molar-refractivity contribution in [2.45, 2.75) is 6.42 Å². The summed E-state index contributed by atoms with van der Waals surface area (Å²) in [6.07, 6.45) is 1.59. The van der Waals surface area contributed by atoms with Crippen molar-refractivity contribution in [3.05, 3.63) is 61.6 Å². The third-order valence-electron chi connectivity index (χ3n) is 3.91. The van der Waals surface area contributed by atoms with E-state index in [0.717, 1.165) is 16.2 Å². The zero-order valence-electron chi connectivity index (χ0n) is 14.6. The molecule has 1 saturated heterocycles. The van der Waals surface area contributed by atoms with E-state index in [1.807, 2.05) is 0 Å². The van der Waals surface area contributed by atoms with Crippen molar-refractivity contribution < 1.29 is 19.1 Å². The van der Waals surface area contributed by atoms with E-state index in [2.05, 4.69) is 37.2 Å². The topological polar surface area (TPSA) is 69.6 Å². The molecule has 0 aliphatic carbocycles. The number of aromatic hydroxyl groups is 1. The van der Waals surface area contributed by atoms with Crippen molar-refractivity contribution in [1.82, 2.24) is 4.90 Å². The second-order valence-corrected chi connectivity index (χ2v) is 9.41. The molecular formula is C19H13Br2FN2O3S2. The fraction of sp³-hybridized carbons (Fsp3) is 0.105. The number of carbonyl (C=O) groups is 2. The number of hydrogen-bond donors (Lipinski definition) is 2. The lowest BCUT2D eigenvalue weighted by Crippen LogP contribution is -2.31. The Morgan fingerprint density at radius 3 is 2.66 bits per heavy atom. The van der Waals surface area contributed by atoms with Crippen LogP contribution in [0.15, 0.2) is 50.2 Å². The number of thioether (sulfide) groups is 1. The van der Waals surface area contributed by atoms with Crippen molar-refractivity contribution in [3.63, 3.8) is 0 Å². The summed E-state index contributed by atoms with van der Waals surface area (Å²) >= 11 is 13.0. The maximum Gasteiger partial charge on any atom is 0.266 e. The largest absolute Gasteiger partial charge is 0.506 e. The van der Waals surface area contributed by atoms with Crippen LogP contribution in [0.5, 0.6) is 5.75 Å². The van der Waals surface area contributed by atoms with Gasteiger partial charge in [0.25, 0.3) is 5.91 Å². The molecule has 29 heavy (non-hydrogen) atoms. The summed E-state index contributed by atoms with van der Waals surface area (Å²) in [5.41, 5.74) is 0.929. The molecule has 0 aromatic heterocycles. The molecule has 10 heteroatoms. The molecule has 2 aromatic carbocycles. The van der Waals surface area contributed by atoms with Gasteiger partial charge in [-0.25, -0.2) is 4.39 Å². The number of phenolic OH excluding ortho intramolecular Hbond substituents is 1. The summed E-state index contributed by atoms with van der Waals surface area (Å²) in [6.45, 7) is 0.114. The van der Waals surface area contributed by atoms with E-state index in [4.69, 9.17) is 12.2 Å². The normalized spacial score (nSPS) is 15.3. The van der Waals surface area contributed by atoms with Crippen LogP contribution < -0.4 is 5.32 Å². The van der Waals surface area contributed by atoms with Crippen molar-refractivity contribution in [2.75, 3.05) is 11.9 Å². The average Bonchev–Trinajstić information content (AvgIpc) is 2.92. The molecule has 0 radical (unpaired) electrons. The smallest absolute Gasteiger partial charge is 0.266 e. The van der Waals surface area contributed by atoms with Crippen LogP contribution in [0.1, 0.15) is 12.0 Å². The quantitative estimate of drug-likeness (QED) is 0.385. The summed E-state index contributed by atoms with van der Waals surface area (Å²) in [6, 6.07) is 8.78. The van der Waals surface area contributed by atoms with Gasteiger partial charge in [0.05, 0.1) is 9.38 Å². The molecule has 0 bridgehead atoms. The zero-order chi connectivity index (χ0) is 21.1. The van der Waals surface area contributed by atoms with Crippen LogP contribution in [0, 0.1) is 5.82 Å². The van der Waals surface area contributed by atoms with Gasteiger partial charge in [0.15, 0.2) is 0 Å². The monoisotopic (exact) mass is 558 g/mol. The first-order valence-electron chi connectivity index (χ1n) is 8.23. The first kappa shape index (κ1) is 21.9. The summed E-state index contributed by atoms with van der Waals surface area (Å²) in [7, 11) is 0. The van der Waals surface area contributed by atoms with Gasteiger partial charge in [-0.15, -0.1) is 0 Å². The first-order valence-corrected chi connectivity index (χ1v) is 11.0. The second kappa shape index (κ2) is 9.38. The molecule has 150 valence electrons. The van der Waals surface area contributed by atoms with E-state index in [9.17, 15) is 19.1 Å². The number of benzene rings is 2. The molecule has 2 aromatic rings. The first-order chi connectivity index (χ1) is 13.7. The number of thiocarbonyl (C=S) groups is 1. The number of anilines is 1. The van der Waals surface area contributed by atoms with E-state index in [1.54, 1.807) is 18.2 Å². The van der Waals surface area contributed by atoms with E-state index >= 15 is 0 Å². The number of nitrogens with zero attached hydrogens (tertiary/aromatic N) is 1. The molecule has 2 amide bonds. The molecule has 0 unspecified atom stereocenters. The van der Waals surface area contributed by atoms with Crippen molar-refractivity contribution in [1.29, 1.82) is 0 Å². The SMILES string of the molecule is O=C(CCN1C(=O)/C(=C/c2cc(Br)cc(Br)c2O)SC1=S)Nc1ccc(F)cc1. The number of rotatable bonds is 5. The van der Waals surface area contributed by atoms with Crippen LogP contribution in [-0.4, -0.2) is 32.7 Å². The van der Waals surface area contributed by atoms with Crippen LogP contribution in [0.4, 0.5) is 10.1 Å². The third kappa shape index (κ3) is 5.44. The van der Waals surface area contributed by atoms with Crippen LogP contribution in [0.25, 0.3) is 6.08 Å². The fourth-order valence-electron chi connectivity index (χ4n) is 2.50. The lowest BCUT2D eigenvalue weighted by Gasteiger charge is -2.14. The van der Waals surface area contributed by atoms with Gasteiger partial charge in [0.2, 0.25) is 5.91 Å². The molecular weight excluding hydrogens is 547 g/mol. The number of carbonyl (C=O) groups excluding carboxylic acids is 2. The Labute approximate surface area is 192 Å². The molecule has 1 fully saturated rings. The Kier molecular flexibility index (Phi) is 7.10. The van der Waals surface area contributed by atoms with E-state index in [1.165, 1.54) is 29.2 Å². The maximum absolute atomic E-state index is 12.9. The molecule has 3 rings (SSSR count). The lowest BCUT2D eigenvalue weighted by molar-refractivity contribution is -0.122. The summed E-state index contributed by atoms with van der Waals surface area (Å²) in [5.74, 6) is -1.03. The number of hydrogen-bond acceptors (Lipinski definition) is 5. The lowest BCUT2D eigenvalue weighted by atomic mass is 10.2. The second-order valence-electron chi connectivity index (χ2n) is 5.96. The summed E-state index contributed by atoms with van der Waals surface area (Å²) in [5, 5.41) is 12.8. The molecule has 2 N–H and O–H groups in total. The average molecular weight is 560 g/mol. The Morgan fingerprint density at radius 1 is 1.28 bits per heavy atom. The minimum atomic E-state index is -0.393. The molecule has 1 aliphatic heterocycles. The van der Waals surface area contributed by atoms with E-state index < -0.39 is 5.82 Å². The molecule has 0 atom stereocenters. The highest BCUT2D eigenvalue weighted by Gasteiger charge is 2.32. The Morgan fingerprint density at radius 2 is 1.97 bits per heavy atom. The van der Waals surface area contributed by atoms with Crippen LogP contribution in [0.3, 0.4) is 0 Å². The highest BCUT2D eigenvalue weighted by atomic mass is 79.9. The van der Waals surface area contributed by atoms with Crippen LogP contribution >= 0.6 is 55.8 Å². The molecule has 0 saturated carbocycles. The molecule has 1 aliphatic rings. The van der Waals surface area contributed by atoms with Gasteiger partial charge >= 0.3 is 0 Å². The number of nitrogens with one attached hydrogen (secondary N) is 1. The van der Waals surface area contributed by atoms with Crippen molar-refractivity contribution in [3.8, 4) is 5.75 Å². The van der Waals surface area contributed by atoms with Gasteiger partial charge in [-0.1, -0.05) is 39.9 Å². The minimum Gasteiger partial charge on any atom is -0.506 e. The highest BCUT2D eigenvalue weighted by Crippen LogP contribution is 2.37. The Bertz CT molecular complexity index is 1030. The van der Waals surface area contributed by atoms with Gasteiger partial charge in [-0.2, -0.15) is 0 Å². The standard InChI is InChI=1S/C19H13Br2FN2O3S2/c20-11-7-10(17(26)14(21)9-11)8-15-18(27)24(19(28)29-15)6-5-16(25)23-13-3-1-12(22)2-4-13/h1-4,7-9,26H,5-6H2,(H,23,25)/b15-8-. The van der Waals surface area contributed by atoms with E-state index in [0.29, 0.717) is 24.9 Å². The Balaban J connectivity index is 1.66. The summed E-state index contributed by atoms with van der Waals surface area (Å²) < 4.78 is 14.5. The molecule has 0 spiro atoms. The third-order valence-corrected chi connectivity index (χ3v) is 6.35. The predicted molar refractivity (Wildman–Crippen MR) is 123 cm³/mol. The van der Waals surface area contributed by atoms with Crippen LogP contribution in [-0.2, 0) is 9.59 Å². The van der Waals surface area contributed by atoms with Crippen LogP contribution in [0.2, 0.25) is 0 Å². The van der Waals surface area contributed by atoms with Gasteiger partial charge in [-0.05, 0) is 58.4 Å². The van der Waals surface area contributed by atoms with Gasteiger partial charge < -0.3 is 10.4 Å². The Hall–Kier alpha value is -1.75. The summed E-state index contributed by atoms with van der Waals surface area (Å²) in [4.78, 5) is 26.5. The minimum absolute atomic E-state index is 0.0112. The van der Waals surface area contributed by atoms with Crippen molar-refractivity contribution in [2.24, 2.45) is 0 Å². The maximum atomic E-state index is 12.9. The molecule has 5 nitrogen and oxygen atoms in total. The predicted octanol–water partition coefficient (Wildman–Crippen LogP) is 5.29. The van der Waals surface area contributed by atoms with Gasteiger partial charge in [0.1, 0.15) is 15.9 Å². The fourth-order valence-corrected chi connectivity index (χ4v) is 5.06.